The van der Waals surface area contributed by atoms with Crippen LogP contribution in [0.4, 0.5) is 0 Å². The molecule has 0 radical (unpaired) electrons. The lowest BCUT2D eigenvalue weighted by atomic mass is 10.1. The van der Waals surface area contributed by atoms with Gasteiger partial charge in [-0.3, -0.25) is 4.79 Å². The first kappa shape index (κ1) is 12.4. The van der Waals surface area contributed by atoms with Crippen molar-refractivity contribution in [3.8, 4) is 0 Å². The van der Waals surface area contributed by atoms with Crippen molar-refractivity contribution < 1.29 is 9.21 Å². The molecule has 5 heteroatoms. The van der Waals surface area contributed by atoms with E-state index in [1.807, 2.05) is 11.4 Å². The van der Waals surface area contributed by atoms with E-state index in [4.69, 9.17) is 4.42 Å². The number of carbonyl (C=O) groups excluding carboxylic acids is 1. The van der Waals surface area contributed by atoms with E-state index in [1.54, 1.807) is 25.2 Å². The zero-order chi connectivity index (χ0) is 13.4. The predicted molar refractivity (Wildman–Crippen MR) is 73.2 cm³/mol. The van der Waals surface area contributed by atoms with Crippen LogP contribution in [0.3, 0.4) is 0 Å². The Morgan fingerprint density at radius 3 is 2.84 bits per heavy atom. The van der Waals surface area contributed by atoms with Crippen molar-refractivity contribution in [3.63, 3.8) is 0 Å². The normalized spacial score (nSPS) is 16.3. The van der Waals surface area contributed by atoms with E-state index in [0.29, 0.717) is 23.3 Å². The number of rotatable bonds is 4. The highest BCUT2D eigenvalue weighted by atomic mass is 32.1. The molecule has 1 atom stereocenters. The van der Waals surface area contributed by atoms with Gasteiger partial charge in [0.2, 0.25) is 5.76 Å². The van der Waals surface area contributed by atoms with Crippen LogP contribution in [0.2, 0.25) is 0 Å². The van der Waals surface area contributed by atoms with E-state index in [9.17, 15) is 4.79 Å². The zero-order valence-electron chi connectivity index (χ0n) is 11.0. The summed E-state index contributed by atoms with van der Waals surface area (Å²) in [6.45, 7) is 3.55. The van der Waals surface area contributed by atoms with Gasteiger partial charge in [0.15, 0.2) is 5.89 Å². The lowest BCUT2D eigenvalue weighted by molar-refractivity contribution is 0.0902. The van der Waals surface area contributed by atoms with Gasteiger partial charge < -0.3 is 9.73 Å². The van der Waals surface area contributed by atoms with Crippen LogP contribution in [0.15, 0.2) is 21.9 Å². The minimum absolute atomic E-state index is 0.109. The van der Waals surface area contributed by atoms with Crippen molar-refractivity contribution in [3.05, 3.63) is 39.7 Å². The molecule has 4 nitrogen and oxygen atoms in total. The van der Waals surface area contributed by atoms with Gasteiger partial charge in [-0.25, -0.2) is 4.98 Å². The molecule has 0 saturated heterocycles. The number of nitrogens with one attached hydrogen (secondary N) is 1. The van der Waals surface area contributed by atoms with Gasteiger partial charge >= 0.3 is 0 Å². The Bertz CT molecular complexity index is 585. The third kappa shape index (κ3) is 2.56. The summed E-state index contributed by atoms with van der Waals surface area (Å²) in [6, 6.07) is 4.20. The molecule has 2 aromatic rings. The number of thiophene rings is 1. The topological polar surface area (TPSA) is 55.1 Å². The molecule has 1 aliphatic rings. The van der Waals surface area contributed by atoms with Crippen LogP contribution in [-0.4, -0.2) is 10.9 Å². The summed E-state index contributed by atoms with van der Waals surface area (Å²) in [4.78, 5) is 17.6. The molecule has 2 aromatic heterocycles. The summed E-state index contributed by atoms with van der Waals surface area (Å²) in [7, 11) is 0. The summed E-state index contributed by atoms with van der Waals surface area (Å²) in [6.07, 6.45) is 2.36. The number of hydrogen-bond donors (Lipinski definition) is 1. The molecule has 100 valence electrons. The van der Waals surface area contributed by atoms with E-state index >= 15 is 0 Å². The summed E-state index contributed by atoms with van der Waals surface area (Å²) < 4.78 is 5.37. The van der Waals surface area contributed by atoms with Crippen LogP contribution in [-0.2, 0) is 0 Å². The third-order valence-corrected chi connectivity index (χ3v) is 4.29. The lowest BCUT2D eigenvalue weighted by Crippen LogP contribution is -2.29. The molecular weight excluding hydrogens is 260 g/mol. The van der Waals surface area contributed by atoms with Crippen molar-refractivity contribution in [1.82, 2.24) is 10.3 Å². The highest BCUT2D eigenvalue weighted by molar-refractivity contribution is 7.10. The van der Waals surface area contributed by atoms with Crippen molar-refractivity contribution >= 4 is 17.2 Å². The first-order chi connectivity index (χ1) is 9.15. The Morgan fingerprint density at radius 1 is 1.53 bits per heavy atom. The lowest BCUT2D eigenvalue weighted by Gasteiger charge is -2.16. The van der Waals surface area contributed by atoms with E-state index in [0.717, 1.165) is 0 Å². The van der Waals surface area contributed by atoms with Gasteiger partial charge in [0, 0.05) is 11.8 Å². The molecule has 1 amide bonds. The van der Waals surface area contributed by atoms with Crippen LogP contribution >= 0.6 is 11.3 Å². The number of aromatic nitrogens is 1. The van der Waals surface area contributed by atoms with Crippen LogP contribution in [0.5, 0.6) is 0 Å². The highest BCUT2D eigenvalue weighted by Gasteiger charge is 2.35. The van der Waals surface area contributed by atoms with Crippen molar-refractivity contribution in [2.45, 2.75) is 32.7 Å². The average Bonchev–Trinajstić information content (AvgIpc) is 2.94. The number of carbonyl (C=O) groups is 1. The standard InChI is InChI=1S/C14H16N2O2S/c1-8-13(18-9(2)15-8)14(17)16-12(10-5-6-10)11-4-3-7-19-11/h3-4,7,10,12H,5-6H2,1-2H3,(H,16,17). The van der Waals surface area contributed by atoms with E-state index in [1.165, 1.54) is 17.7 Å². The first-order valence-corrected chi connectivity index (χ1v) is 7.31. The Morgan fingerprint density at radius 2 is 2.32 bits per heavy atom. The van der Waals surface area contributed by atoms with Gasteiger partial charge in [-0.2, -0.15) is 0 Å². The Labute approximate surface area is 115 Å². The van der Waals surface area contributed by atoms with Gasteiger partial charge in [-0.1, -0.05) is 6.07 Å². The fourth-order valence-electron chi connectivity index (χ4n) is 2.27. The molecule has 1 fully saturated rings. The van der Waals surface area contributed by atoms with E-state index in [2.05, 4.69) is 16.4 Å². The monoisotopic (exact) mass is 276 g/mol. The second-order valence-electron chi connectivity index (χ2n) is 4.95. The molecule has 19 heavy (non-hydrogen) atoms. The maximum atomic E-state index is 12.3. The second-order valence-corrected chi connectivity index (χ2v) is 5.93. The van der Waals surface area contributed by atoms with Crippen LogP contribution in [0, 0.1) is 19.8 Å². The number of aryl methyl sites for hydroxylation is 2. The number of oxazole rings is 1. The molecule has 1 unspecified atom stereocenters. The molecular formula is C14H16N2O2S. The van der Waals surface area contributed by atoms with Gasteiger partial charge in [0.1, 0.15) is 0 Å². The largest absolute Gasteiger partial charge is 0.436 e. The molecule has 0 aromatic carbocycles. The summed E-state index contributed by atoms with van der Waals surface area (Å²) in [5.74, 6) is 1.26. The minimum Gasteiger partial charge on any atom is -0.436 e. The molecule has 1 N–H and O–H groups in total. The van der Waals surface area contributed by atoms with Gasteiger partial charge in [0.05, 0.1) is 11.7 Å². The fourth-order valence-corrected chi connectivity index (χ4v) is 3.14. The Hall–Kier alpha value is -1.62. The SMILES string of the molecule is Cc1nc(C)c(C(=O)NC(c2cccs2)C2CC2)o1. The number of amides is 1. The second kappa shape index (κ2) is 4.81. The first-order valence-electron chi connectivity index (χ1n) is 6.43. The van der Waals surface area contributed by atoms with Crippen LogP contribution in [0.25, 0.3) is 0 Å². The van der Waals surface area contributed by atoms with Gasteiger partial charge in [-0.05, 0) is 37.1 Å². The fraction of sp³-hybridized carbons (Fsp3) is 0.429. The van der Waals surface area contributed by atoms with E-state index < -0.39 is 0 Å². The van der Waals surface area contributed by atoms with Crippen LogP contribution < -0.4 is 5.32 Å². The summed E-state index contributed by atoms with van der Waals surface area (Å²) in [5, 5.41) is 5.13. The summed E-state index contributed by atoms with van der Waals surface area (Å²) in [5.41, 5.74) is 0.649. The average molecular weight is 276 g/mol. The smallest absolute Gasteiger partial charge is 0.289 e. The quantitative estimate of drug-likeness (QED) is 0.932. The number of nitrogens with zero attached hydrogens (tertiary/aromatic N) is 1. The van der Waals surface area contributed by atoms with Gasteiger partial charge in [0.25, 0.3) is 5.91 Å². The van der Waals surface area contributed by atoms with Crippen molar-refractivity contribution in [1.29, 1.82) is 0 Å². The van der Waals surface area contributed by atoms with E-state index in [-0.39, 0.29) is 11.9 Å². The summed E-state index contributed by atoms with van der Waals surface area (Å²) >= 11 is 1.68. The van der Waals surface area contributed by atoms with Crippen molar-refractivity contribution in [2.75, 3.05) is 0 Å². The molecule has 1 aliphatic carbocycles. The van der Waals surface area contributed by atoms with Crippen molar-refractivity contribution in [2.24, 2.45) is 5.92 Å². The number of hydrogen-bond acceptors (Lipinski definition) is 4. The maximum absolute atomic E-state index is 12.3. The zero-order valence-corrected chi connectivity index (χ0v) is 11.8. The molecule has 0 bridgehead atoms. The van der Waals surface area contributed by atoms with Crippen LogP contribution in [0.1, 0.15) is 45.9 Å². The maximum Gasteiger partial charge on any atom is 0.289 e. The predicted octanol–water partition coefficient (Wildman–Crippen LogP) is 3.23. The third-order valence-electron chi connectivity index (χ3n) is 3.34. The highest BCUT2D eigenvalue weighted by Crippen LogP contribution is 2.42. The molecule has 3 rings (SSSR count). The molecule has 0 aliphatic heterocycles. The molecule has 1 saturated carbocycles. The molecule has 2 heterocycles. The van der Waals surface area contributed by atoms with Gasteiger partial charge in [-0.15, -0.1) is 11.3 Å². The minimum atomic E-state index is -0.164. The molecule has 0 spiro atoms. The Kier molecular flexibility index (Phi) is 3.14. The Balaban J connectivity index is 1.79.